The highest BCUT2D eigenvalue weighted by Gasteiger charge is 2.05. The summed E-state index contributed by atoms with van der Waals surface area (Å²) in [7, 11) is 3.33. The molecule has 3 amide bonds. The van der Waals surface area contributed by atoms with Crippen molar-refractivity contribution in [2.24, 2.45) is 0 Å². The lowest BCUT2D eigenvalue weighted by Crippen LogP contribution is -2.39. The van der Waals surface area contributed by atoms with Crippen LogP contribution in [0.2, 0.25) is 0 Å². The van der Waals surface area contributed by atoms with E-state index in [1.54, 1.807) is 14.1 Å². The molecule has 116 valence electrons. The molecule has 0 unspecified atom stereocenters. The van der Waals surface area contributed by atoms with Gasteiger partial charge in [0.05, 0.1) is 13.0 Å². The maximum absolute atomic E-state index is 11.7. The van der Waals surface area contributed by atoms with Crippen LogP contribution in [0, 0.1) is 0 Å². The van der Waals surface area contributed by atoms with Crippen molar-refractivity contribution in [3.8, 4) is 5.75 Å². The van der Waals surface area contributed by atoms with Crippen LogP contribution in [0.15, 0.2) is 24.3 Å². The highest BCUT2D eigenvalue weighted by atomic mass is 16.5. The maximum atomic E-state index is 11.7. The number of nitrogens with zero attached hydrogens (tertiary/aromatic N) is 1. The average molecular weight is 293 g/mol. The van der Waals surface area contributed by atoms with Crippen LogP contribution in [0.25, 0.3) is 0 Å². The van der Waals surface area contributed by atoms with E-state index in [1.165, 1.54) is 4.90 Å². The summed E-state index contributed by atoms with van der Waals surface area (Å²) in [6, 6.07) is 7.28. The van der Waals surface area contributed by atoms with Gasteiger partial charge in [-0.3, -0.25) is 4.79 Å². The molecule has 0 spiro atoms. The van der Waals surface area contributed by atoms with E-state index in [9.17, 15) is 9.59 Å². The Labute approximate surface area is 125 Å². The molecule has 0 atom stereocenters. The third-order valence-electron chi connectivity index (χ3n) is 2.73. The summed E-state index contributed by atoms with van der Waals surface area (Å²) < 4.78 is 5.34. The van der Waals surface area contributed by atoms with Crippen LogP contribution in [0.3, 0.4) is 0 Å². The van der Waals surface area contributed by atoms with E-state index in [4.69, 9.17) is 4.74 Å². The van der Waals surface area contributed by atoms with E-state index in [1.807, 2.05) is 31.2 Å². The number of amides is 3. The molecule has 2 N–H and O–H groups in total. The second-order valence-electron chi connectivity index (χ2n) is 4.73. The van der Waals surface area contributed by atoms with Gasteiger partial charge in [-0.05, 0) is 24.6 Å². The van der Waals surface area contributed by atoms with Gasteiger partial charge in [0.2, 0.25) is 5.91 Å². The lowest BCUT2D eigenvalue weighted by Gasteiger charge is -2.12. The summed E-state index contributed by atoms with van der Waals surface area (Å²) in [5.74, 6) is 0.728. The van der Waals surface area contributed by atoms with Gasteiger partial charge in [0.15, 0.2) is 0 Å². The number of hydrogen-bond acceptors (Lipinski definition) is 3. The van der Waals surface area contributed by atoms with Crippen molar-refractivity contribution < 1.29 is 14.3 Å². The lowest BCUT2D eigenvalue weighted by atomic mass is 10.1. The number of hydrogen-bond donors (Lipinski definition) is 2. The van der Waals surface area contributed by atoms with E-state index >= 15 is 0 Å². The zero-order chi connectivity index (χ0) is 15.7. The highest BCUT2D eigenvalue weighted by molar-refractivity contribution is 5.78. The minimum Gasteiger partial charge on any atom is -0.494 e. The first kappa shape index (κ1) is 16.8. The van der Waals surface area contributed by atoms with Crippen molar-refractivity contribution in [3.63, 3.8) is 0 Å². The van der Waals surface area contributed by atoms with E-state index < -0.39 is 0 Å². The molecule has 0 radical (unpaired) electrons. The van der Waals surface area contributed by atoms with Crippen LogP contribution in [-0.2, 0) is 11.2 Å². The van der Waals surface area contributed by atoms with Gasteiger partial charge < -0.3 is 20.3 Å². The largest absolute Gasteiger partial charge is 0.494 e. The van der Waals surface area contributed by atoms with Crippen molar-refractivity contribution in [2.45, 2.75) is 13.3 Å². The van der Waals surface area contributed by atoms with Gasteiger partial charge in [-0.15, -0.1) is 0 Å². The number of benzene rings is 1. The van der Waals surface area contributed by atoms with Crippen molar-refractivity contribution in [2.75, 3.05) is 33.8 Å². The molecule has 6 heteroatoms. The van der Waals surface area contributed by atoms with Crippen molar-refractivity contribution >= 4 is 11.9 Å². The van der Waals surface area contributed by atoms with Gasteiger partial charge in [0.1, 0.15) is 5.75 Å². The SMILES string of the molecule is CCOc1ccc(CC(=O)NCCNC(=O)N(C)C)cc1. The summed E-state index contributed by atoms with van der Waals surface area (Å²) in [5, 5.41) is 5.44. The molecule has 6 nitrogen and oxygen atoms in total. The molecule has 1 aromatic rings. The molecule has 0 aliphatic carbocycles. The molecular weight excluding hydrogens is 270 g/mol. The normalized spacial score (nSPS) is 9.86. The summed E-state index contributed by atoms with van der Waals surface area (Å²) in [6.07, 6.45) is 0.314. The fourth-order valence-corrected chi connectivity index (χ4v) is 1.65. The molecule has 0 bridgehead atoms. The predicted molar refractivity (Wildman–Crippen MR) is 81.4 cm³/mol. The Morgan fingerprint density at radius 3 is 2.29 bits per heavy atom. The van der Waals surface area contributed by atoms with E-state index in [0.717, 1.165) is 11.3 Å². The average Bonchev–Trinajstić information content (AvgIpc) is 2.45. The number of urea groups is 1. The van der Waals surface area contributed by atoms with Gasteiger partial charge in [0, 0.05) is 27.2 Å². The number of rotatable bonds is 7. The molecule has 0 aliphatic rings. The molecule has 0 heterocycles. The Kier molecular flexibility index (Phi) is 7.08. The molecular formula is C15H23N3O3. The maximum Gasteiger partial charge on any atom is 0.316 e. The van der Waals surface area contributed by atoms with Gasteiger partial charge in [-0.1, -0.05) is 12.1 Å². The first-order valence-electron chi connectivity index (χ1n) is 6.96. The van der Waals surface area contributed by atoms with Gasteiger partial charge in [-0.2, -0.15) is 0 Å². The van der Waals surface area contributed by atoms with Gasteiger partial charge in [0.25, 0.3) is 0 Å². The van der Waals surface area contributed by atoms with Gasteiger partial charge >= 0.3 is 6.03 Å². The van der Waals surface area contributed by atoms with Crippen molar-refractivity contribution in [1.82, 2.24) is 15.5 Å². The van der Waals surface area contributed by atoms with Crippen molar-refractivity contribution in [1.29, 1.82) is 0 Å². The first-order chi connectivity index (χ1) is 10.0. The third-order valence-corrected chi connectivity index (χ3v) is 2.73. The number of nitrogens with one attached hydrogen (secondary N) is 2. The summed E-state index contributed by atoms with van der Waals surface area (Å²) in [6.45, 7) is 3.37. The summed E-state index contributed by atoms with van der Waals surface area (Å²) in [4.78, 5) is 24.4. The topological polar surface area (TPSA) is 70.7 Å². The molecule has 21 heavy (non-hydrogen) atoms. The highest BCUT2D eigenvalue weighted by Crippen LogP contribution is 2.12. The summed E-state index contributed by atoms with van der Waals surface area (Å²) >= 11 is 0. The number of ether oxygens (including phenoxy) is 1. The Hall–Kier alpha value is -2.24. The third kappa shape index (κ3) is 6.65. The first-order valence-corrected chi connectivity index (χ1v) is 6.96. The van der Waals surface area contributed by atoms with Crippen LogP contribution in [-0.4, -0.2) is 50.6 Å². The summed E-state index contributed by atoms with van der Waals surface area (Å²) in [5.41, 5.74) is 0.924. The standard InChI is InChI=1S/C15H23N3O3/c1-4-21-13-7-5-12(6-8-13)11-14(19)16-9-10-17-15(20)18(2)3/h5-8H,4,9-11H2,1-3H3,(H,16,19)(H,17,20). The van der Waals surface area contributed by atoms with Crippen LogP contribution < -0.4 is 15.4 Å². The van der Waals surface area contributed by atoms with Gasteiger partial charge in [-0.25, -0.2) is 4.79 Å². The molecule has 0 fully saturated rings. The predicted octanol–water partition coefficient (Wildman–Crippen LogP) is 1.02. The molecule has 1 rings (SSSR count). The van der Waals surface area contributed by atoms with Crippen LogP contribution in [0.4, 0.5) is 4.79 Å². The second kappa shape index (κ2) is 8.84. The van der Waals surface area contributed by atoms with Crippen LogP contribution >= 0.6 is 0 Å². The zero-order valence-corrected chi connectivity index (χ0v) is 12.8. The van der Waals surface area contributed by atoms with Crippen LogP contribution in [0.1, 0.15) is 12.5 Å². The Balaban J connectivity index is 2.25. The minimum absolute atomic E-state index is 0.0711. The Morgan fingerprint density at radius 2 is 1.71 bits per heavy atom. The van der Waals surface area contributed by atoms with E-state index in [0.29, 0.717) is 26.1 Å². The fourth-order valence-electron chi connectivity index (χ4n) is 1.65. The lowest BCUT2D eigenvalue weighted by molar-refractivity contribution is -0.120. The molecule has 0 aliphatic heterocycles. The smallest absolute Gasteiger partial charge is 0.316 e. The van der Waals surface area contributed by atoms with E-state index in [2.05, 4.69) is 10.6 Å². The Morgan fingerprint density at radius 1 is 1.10 bits per heavy atom. The molecule has 1 aromatic carbocycles. The molecule has 0 aromatic heterocycles. The van der Waals surface area contributed by atoms with Crippen molar-refractivity contribution in [3.05, 3.63) is 29.8 Å². The monoisotopic (exact) mass is 293 g/mol. The van der Waals surface area contributed by atoms with E-state index in [-0.39, 0.29) is 11.9 Å². The number of carbonyl (C=O) groups is 2. The second-order valence-corrected chi connectivity index (χ2v) is 4.73. The fraction of sp³-hybridized carbons (Fsp3) is 0.467. The van der Waals surface area contributed by atoms with Crippen LogP contribution in [0.5, 0.6) is 5.75 Å². The Bertz CT molecular complexity index is 458. The molecule has 0 saturated heterocycles. The number of carbonyl (C=O) groups excluding carboxylic acids is 2. The molecule has 0 saturated carbocycles. The zero-order valence-electron chi connectivity index (χ0n) is 12.8. The minimum atomic E-state index is -0.171. The quantitative estimate of drug-likeness (QED) is 0.737.